The third-order valence-electron chi connectivity index (χ3n) is 1.93. The smallest absolute Gasteiger partial charge is 0.135 e. The first-order valence-corrected chi connectivity index (χ1v) is 3.65. The largest absolute Gasteiger partial charge is 0.398 e. The van der Waals surface area contributed by atoms with E-state index in [4.69, 9.17) is 5.73 Å². The summed E-state index contributed by atoms with van der Waals surface area (Å²) >= 11 is 0. The van der Waals surface area contributed by atoms with E-state index in [0.717, 1.165) is 11.1 Å². The van der Waals surface area contributed by atoms with Gasteiger partial charge in [0.2, 0.25) is 0 Å². The maximum absolute atomic E-state index is 10.5. The van der Waals surface area contributed by atoms with Crippen molar-refractivity contribution >= 4 is 17.6 Å². The van der Waals surface area contributed by atoms with Gasteiger partial charge in [0.25, 0.3) is 0 Å². The highest BCUT2D eigenvalue weighted by molar-refractivity contribution is 6.04. The highest BCUT2D eigenvalue weighted by Gasteiger charge is 2.16. The second-order valence-corrected chi connectivity index (χ2v) is 2.66. The van der Waals surface area contributed by atoms with Crippen molar-refractivity contribution in [3.05, 3.63) is 41.1 Å². The zero-order valence-electron chi connectivity index (χ0n) is 6.37. The van der Waals surface area contributed by atoms with Crippen molar-refractivity contribution < 1.29 is 4.79 Å². The number of hydrogen-bond acceptors (Lipinski definition) is 2. The molecule has 58 valence electrons. The average molecular weight is 157 g/mol. The summed E-state index contributed by atoms with van der Waals surface area (Å²) in [6, 6.07) is 7.58. The summed E-state index contributed by atoms with van der Waals surface area (Å²) in [6.07, 6.45) is 1.79. The van der Waals surface area contributed by atoms with Crippen molar-refractivity contribution in [3.63, 3.8) is 0 Å². The molecular weight excluding hydrogens is 150 g/mol. The Bertz CT molecular complexity index is 412. The number of rotatable bonds is 0. The Morgan fingerprint density at radius 2 is 2.00 bits per heavy atom. The fourth-order valence-electron chi connectivity index (χ4n) is 1.36. The van der Waals surface area contributed by atoms with Crippen LogP contribution in [0.15, 0.2) is 30.0 Å². The Kier molecular flexibility index (Phi) is 1.36. The summed E-state index contributed by atoms with van der Waals surface area (Å²) in [5.41, 5.74) is 8.46. The molecule has 0 aliphatic heterocycles. The van der Waals surface area contributed by atoms with E-state index >= 15 is 0 Å². The van der Waals surface area contributed by atoms with E-state index in [2.05, 4.69) is 0 Å². The van der Waals surface area contributed by atoms with Crippen LogP contribution >= 0.6 is 0 Å². The Morgan fingerprint density at radius 1 is 1.25 bits per heavy atom. The van der Waals surface area contributed by atoms with Crippen molar-refractivity contribution in [1.29, 1.82) is 0 Å². The topological polar surface area (TPSA) is 43.1 Å². The minimum Gasteiger partial charge on any atom is -0.398 e. The molecule has 0 atom stereocenters. The number of benzene rings is 1. The minimum absolute atomic E-state index is 0.477. The predicted octanol–water partition coefficient (Wildman–Crippen LogP) is 1.21. The molecule has 2 N–H and O–H groups in total. The van der Waals surface area contributed by atoms with Gasteiger partial charge in [0.05, 0.1) is 11.3 Å². The van der Waals surface area contributed by atoms with Crippen LogP contribution in [0.4, 0.5) is 0 Å². The van der Waals surface area contributed by atoms with Crippen molar-refractivity contribution in [1.82, 2.24) is 0 Å². The summed E-state index contributed by atoms with van der Waals surface area (Å²) in [7, 11) is 0. The van der Waals surface area contributed by atoms with Gasteiger partial charge in [-0.25, -0.2) is 4.79 Å². The van der Waals surface area contributed by atoms with Crippen LogP contribution in [0, 0.1) is 0 Å². The van der Waals surface area contributed by atoms with Gasteiger partial charge in [-0.05, 0) is 11.6 Å². The van der Waals surface area contributed by atoms with Crippen LogP contribution in [-0.2, 0) is 4.79 Å². The van der Waals surface area contributed by atoms with E-state index in [-0.39, 0.29) is 0 Å². The van der Waals surface area contributed by atoms with E-state index in [1.54, 1.807) is 6.08 Å². The molecule has 2 nitrogen and oxygen atoms in total. The van der Waals surface area contributed by atoms with E-state index in [9.17, 15) is 4.79 Å². The summed E-state index contributed by atoms with van der Waals surface area (Å²) in [5, 5.41) is 0. The fourth-order valence-corrected chi connectivity index (χ4v) is 1.36. The summed E-state index contributed by atoms with van der Waals surface area (Å²) in [5.74, 6) is 1.84. The van der Waals surface area contributed by atoms with Crippen LogP contribution in [0.3, 0.4) is 0 Å². The molecule has 0 bridgehead atoms. The number of allylic oxidation sites excluding steroid dienone is 1. The lowest BCUT2D eigenvalue weighted by Gasteiger charge is -1.95. The Hall–Kier alpha value is -1.79. The van der Waals surface area contributed by atoms with Gasteiger partial charge < -0.3 is 5.73 Å². The maximum Gasteiger partial charge on any atom is 0.135 e. The molecule has 0 unspecified atom stereocenters. The normalized spacial score (nSPS) is 13.7. The molecule has 2 heteroatoms. The van der Waals surface area contributed by atoms with Gasteiger partial charge >= 0.3 is 0 Å². The molecule has 0 aromatic heterocycles. The first kappa shape index (κ1) is 6.89. The van der Waals surface area contributed by atoms with Crippen LogP contribution in [0.25, 0.3) is 11.6 Å². The van der Waals surface area contributed by atoms with Gasteiger partial charge in [0.1, 0.15) is 5.94 Å². The molecule has 0 radical (unpaired) electrons. The van der Waals surface area contributed by atoms with Crippen LogP contribution in [-0.4, -0.2) is 5.94 Å². The van der Waals surface area contributed by atoms with Gasteiger partial charge in [-0.3, -0.25) is 0 Å². The second-order valence-electron chi connectivity index (χ2n) is 2.66. The van der Waals surface area contributed by atoms with Crippen molar-refractivity contribution in [2.24, 2.45) is 5.73 Å². The van der Waals surface area contributed by atoms with Gasteiger partial charge in [-0.1, -0.05) is 24.3 Å². The first-order valence-electron chi connectivity index (χ1n) is 3.65. The molecule has 1 aliphatic carbocycles. The lowest BCUT2D eigenvalue weighted by atomic mass is 10.1. The van der Waals surface area contributed by atoms with E-state index in [1.165, 1.54) is 0 Å². The maximum atomic E-state index is 10.5. The molecule has 0 heterocycles. The molecule has 1 aliphatic rings. The molecular formula is C10H7NO. The summed E-state index contributed by atoms with van der Waals surface area (Å²) in [4.78, 5) is 10.5. The highest BCUT2D eigenvalue weighted by atomic mass is 16.1. The number of hydrogen-bond donors (Lipinski definition) is 1. The van der Waals surface area contributed by atoms with Crippen LogP contribution in [0.2, 0.25) is 0 Å². The minimum atomic E-state index is 0.477. The van der Waals surface area contributed by atoms with Crippen LogP contribution in [0.1, 0.15) is 11.1 Å². The van der Waals surface area contributed by atoms with Gasteiger partial charge in [-0.2, -0.15) is 0 Å². The zero-order valence-corrected chi connectivity index (χ0v) is 6.37. The third kappa shape index (κ3) is 0.792. The Balaban J connectivity index is 2.73. The van der Waals surface area contributed by atoms with Crippen molar-refractivity contribution in [2.45, 2.75) is 0 Å². The molecule has 0 saturated carbocycles. The van der Waals surface area contributed by atoms with Crippen LogP contribution in [0.5, 0.6) is 0 Å². The first-order chi connectivity index (χ1) is 5.83. The molecule has 0 fully saturated rings. The molecule has 0 amide bonds. The lowest BCUT2D eigenvalue weighted by molar-refractivity contribution is 0.569. The Morgan fingerprint density at radius 3 is 2.75 bits per heavy atom. The lowest BCUT2D eigenvalue weighted by Crippen LogP contribution is -1.95. The number of fused-ring (bicyclic) bond motifs is 1. The molecule has 1 aromatic carbocycles. The van der Waals surface area contributed by atoms with Crippen molar-refractivity contribution in [3.8, 4) is 0 Å². The molecule has 0 saturated heterocycles. The van der Waals surface area contributed by atoms with E-state index < -0.39 is 0 Å². The zero-order chi connectivity index (χ0) is 8.55. The SMILES string of the molecule is NC1=Cc2ccccc2C1=C=O. The molecule has 1 aromatic rings. The quantitative estimate of drug-likeness (QED) is 0.575. The molecule has 12 heavy (non-hydrogen) atoms. The van der Waals surface area contributed by atoms with Gasteiger partial charge in [0.15, 0.2) is 0 Å². The molecule has 0 spiro atoms. The number of carbonyl (C=O) groups excluding carboxylic acids is 1. The van der Waals surface area contributed by atoms with Gasteiger partial charge in [0, 0.05) is 5.56 Å². The molecule has 2 rings (SSSR count). The van der Waals surface area contributed by atoms with E-state index in [0.29, 0.717) is 11.3 Å². The second kappa shape index (κ2) is 2.36. The monoisotopic (exact) mass is 157 g/mol. The standard InChI is InChI=1S/C10H7NO/c11-10-5-7-3-1-2-4-8(7)9(10)6-12/h1-5H,11H2. The fraction of sp³-hybridized carbons (Fsp3) is 0. The van der Waals surface area contributed by atoms with Gasteiger partial charge in [-0.15, -0.1) is 0 Å². The summed E-state index contributed by atoms with van der Waals surface area (Å²) < 4.78 is 0. The number of nitrogens with two attached hydrogens (primary N) is 1. The third-order valence-corrected chi connectivity index (χ3v) is 1.93. The van der Waals surface area contributed by atoms with Crippen molar-refractivity contribution in [2.75, 3.05) is 0 Å². The predicted molar refractivity (Wildman–Crippen MR) is 47.7 cm³/mol. The van der Waals surface area contributed by atoms with E-state index in [1.807, 2.05) is 30.2 Å². The average Bonchev–Trinajstić information content (AvgIpc) is 2.40. The highest BCUT2D eigenvalue weighted by Crippen LogP contribution is 2.29. The Labute approximate surface area is 70.0 Å². The summed E-state index contributed by atoms with van der Waals surface area (Å²) in [6.45, 7) is 0. The van der Waals surface area contributed by atoms with Crippen LogP contribution < -0.4 is 5.73 Å².